The van der Waals surface area contributed by atoms with E-state index in [1.54, 1.807) is 35.0 Å². The van der Waals surface area contributed by atoms with Crippen molar-refractivity contribution in [2.45, 2.75) is 65.5 Å². The Balaban J connectivity index is 0.000000160. The van der Waals surface area contributed by atoms with Crippen LogP contribution in [-0.4, -0.2) is 127 Å². The summed E-state index contributed by atoms with van der Waals surface area (Å²) < 4.78 is 3.73. The Morgan fingerprint density at radius 1 is 0.646 bits per heavy atom. The van der Waals surface area contributed by atoms with Gasteiger partial charge in [-0.05, 0) is 89.8 Å². The molecule has 4 fully saturated rings. The summed E-state index contributed by atoms with van der Waals surface area (Å²) in [5, 5.41) is 2.80. The molecule has 2 aliphatic carbocycles. The number of nitrogens with two attached hydrogens (primary N) is 3. The first-order chi connectivity index (χ1) is 31.2. The zero-order valence-corrected chi connectivity index (χ0v) is 37.2. The summed E-state index contributed by atoms with van der Waals surface area (Å²) >= 11 is 0. The predicted molar refractivity (Wildman–Crippen MR) is 246 cm³/mol. The summed E-state index contributed by atoms with van der Waals surface area (Å²) in [6.45, 7) is 15.8. The third-order valence-electron chi connectivity index (χ3n) is 12.0. The number of imidazole rings is 2. The maximum atomic E-state index is 12.9. The van der Waals surface area contributed by atoms with E-state index < -0.39 is 17.7 Å². The lowest BCUT2D eigenvalue weighted by atomic mass is 10.1. The minimum absolute atomic E-state index is 0.246. The molecule has 6 heterocycles. The quantitative estimate of drug-likeness (QED) is 0.160. The molecule has 2 aliphatic heterocycles. The van der Waals surface area contributed by atoms with Crippen molar-refractivity contribution < 1.29 is 24.0 Å². The minimum atomic E-state index is -0.579. The van der Waals surface area contributed by atoms with Crippen LogP contribution in [0, 0.1) is 27.7 Å². The van der Waals surface area contributed by atoms with Crippen LogP contribution in [0.2, 0.25) is 0 Å². The first-order valence-electron chi connectivity index (χ1n) is 21.8. The molecule has 0 bridgehead atoms. The maximum absolute atomic E-state index is 12.9. The SMILES string of the molecule is Cc1cc2nc(C(=O)Nc3ccc(N4CCN(C5CC5)CC4)cc3C(N)=O)cn2c(C)n1.Cc1cc2nccn2c(C)n1.NC(=O)c1cc(N2CCN(C3CC3)CC2)ccc1N.O=C=O. The molecular weight excluding hydrogens is 829 g/mol. The molecule has 7 N–H and O–H groups in total. The smallest absolute Gasteiger partial charge is 0.373 e. The van der Waals surface area contributed by atoms with Crippen LogP contribution in [0.1, 0.15) is 79.9 Å². The minimum Gasteiger partial charge on any atom is -0.398 e. The summed E-state index contributed by atoms with van der Waals surface area (Å²) in [6.07, 6.45) is 10.9. The number of primary amides is 2. The Morgan fingerprint density at radius 2 is 1.14 bits per heavy atom. The Labute approximate surface area is 376 Å². The Bertz CT molecular complexity index is 2720. The van der Waals surface area contributed by atoms with E-state index in [1.807, 2.05) is 68.6 Å². The van der Waals surface area contributed by atoms with Gasteiger partial charge in [0.1, 0.15) is 28.6 Å². The Kier molecular flexibility index (Phi) is 14.2. The molecule has 2 aromatic carbocycles. The van der Waals surface area contributed by atoms with Crippen LogP contribution < -0.4 is 32.3 Å². The van der Waals surface area contributed by atoms with E-state index in [1.165, 1.54) is 25.7 Å². The van der Waals surface area contributed by atoms with E-state index in [0.717, 1.165) is 105 Å². The topological polar surface area (TPSA) is 249 Å². The number of rotatable bonds is 8. The number of piperazine rings is 2. The van der Waals surface area contributed by atoms with Gasteiger partial charge in [0.25, 0.3) is 17.7 Å². The summed E-state index contributed by atoms with van der Waals surface area (Å²) in [5.74, 6) is 0.285. The summed E-state index contributed by atoms with van der Waals surface area (Å²) in [6, 6.07) is 16.4. The second kappa shape index (κ2) is 20.1. The molecule has 2 saturated heterocycles. The predicted octanol–water partition coefficient (Wildman–Crippen LogP) is 3.40. The highest BCUT2D eigenvalue weighted by Gasteiger charge is 2.32. The molecule has 340 valence electrons. The van der Waals surface area contributed by atoms with E-state index in [9.17, 15) is 14.4 Å². The molecule has 2 saturated carbocycles. The molecule has 65 heavy (non-hydrogen) atoms. The van der Waals surface area contributed by atoms with Crippen molar-refractivity contribution in [2.24, 2.45) is 11.5 Å². The number of benzene rings is 2. The van der Waals surface area contributed by atoms with Crippen LogP contribution >= 0.6 is 0 Å². The second-order valence-corrected chi connectivity index (χ2v) is 16.7. The average molecular weight is 885 g/mol. The van der Waals surface area contributed by atoms with Crippen molar-refractivity contribution in [3.05, 3.63) is 107 Å². The number of nitrogen functional groups attached to an aromatic ring is 1. The summed E-state index contributed by atoms with van der Waals surface area (Å²) in [5.41, 5.74) is 24.0. The van der Waals surface area contributed by atoms with Gasteiger partial charge in [0.2, 0.25) is 0 Å². The van der Waals surface area contributed by atoms with Crippen LogP contribution in [-0.2, 0) is 9.59 Å². The number of hydrogen-bond acceptors (Lipinski definition) is 14. The largest absolute Gasteiger partial charge is 0.398 e. The zero-order chi connectivity index (χ0) is 46.4. The van der Waals surface area contributed by atoms with Crippen molar-refractivity contribution in [2.75, 3.05) is 73.2 Å². The number of hydrogen-bond donors (Lipinski definition) is 4. The summed E-state index contributed by atoms with van der Waals surface area (Å²) in [7, 11) is 0. The second-order valence-electron chi connectivity index (χ2n) is 16.7. The number of aryl methyl sites for hydroxylation is 4. The molecule has 19 nitrogen and oxygen atoms in total. The van der Waals surface area contributed by atoms with Crippen LogP contribution in [0.25, 0.3) is 11.3 Å². The fourth-order valence-corrected chi connectivity index (χ4v) is 8.37. The van der Waals surface area contributed by atoms with Gasteiger partial charge in [-0.3, -0.25) is 33.0 Å². The third-order valence-corrected chi connectivity index (χ3v) is 12.0. The number of anilines is 4. The van der Waals surface area contributed by atoms with Crippen molar-refractivity contribution >= 4 is 57.9 Å². The summed E-state index contributed by atoms with van der Waals surface area (Å²) in [4.78, 5) is 79.5. The fourth-order valence-electron chi connectivity index (χ4n) is 8.37. The molecular formula is C46H56N14O5. The molecule has 0 radical (unpaired) electrons. The first kappa shape index (κ1) is 45.8. The molecule has 19 heteroatoms. The van der Waals surface area contributed by atoms with Gasteiger partial charge in [0.15, 0.2) is 0 Å². The van der Waals surface area contributed by atoms with Gasteiger partial charge in [-0.25, -0.2) is 19.9 Å². The van der Waals surface area contributed by atoms with Crippen LogP contribution in [0.5, 0.6) is 0 Å². The van der Waals surface area contributed by atoms with E-state index in [2.05, 4.69) is 44.9 Å². The number of carbonyl (C=O) groups excluding carboxylic acids is 5. The number of aromatic nitrogens is 6. The molecule has 0 spiro atoms. The van der Waals surface area contributed by atoms with Gasteiger partial charge in [-0.2, -0.15) is 9.59 Å². The molecule has 10 rings (SSSR count). The maximum Gasteiger partial charge on any atom is 0.373 e. The van der Waals surface area contributed by atoms with Crippen molar-refractivity contribution in [1.29, 1.82) is 0 Å². The third kappa shape index (κ3) is 11.3. The van der Waals surface area contributed by atoms with Gasteiger partial charge in [-0.15, -0.1) is 0 Å². The van der Waals surface area contributed by atoms with Gasteiger partial charge in [0.05, 0.1) is 16.8 Å². The molecule has 4 aromatic heterocycles. The van der Waals surface area contributed by atoms with E-state index >= 15 is 0 Å². The number of nitrogens with zero attached hydrogens (tertiary/aromatic N) is 10. The van der Waals surface area contributed by atoms with E-state index in [0.29, 0.717) is 22.6 Å². The first-order valence-corrected chi connectivity index (χ1v) is 21.8. The van der Waals surface area contributed by atoms with Gasteiger partial charge >= 0.3 is 6.15 Å². The lowest BCUT2D eigenvalue weighted by Gasteiger charge is -2.36. The molecule has 0 unspecified atom stereocenters. The molecule has 0 atom stereocenters. The molecule has 3 amide bonds. The Morgan fingerprint density at radius 3 is 1.66 bits per heavy atom. The fraction of sp³-hybridized carbons (Fsp3) is 0.391. The highest BCUT2D eigenvalue weighted by Crippen LogP contribution is 2.31. The van der Waals surface area contributed by atoms with E-state index in [-0.39, 0.29) is 17.4 Å². The lowest BCUT2D eigenvalue weighted by Crippen LogP contribution is -2.47. The Hall–Kier alpha value is -7.21. The van der Waals surface area contributed by atoms with E-state index in [4.69, 9.17) is 26.8 Å². The lowest BCUT2D eigenvalue weighted by molar-refractivity contribution is -0.191. The number of nitrogens with one attached hydrogen (secondary N) is 1. The van der Waals surface area contributed by atoms with Crippen LogP contribution in [0.3, 0.4) is 0 Å². The number of carbonyl (C=O) groups is 3. The zero-order valence-electron chi connectivity index (χ0n) is 37.2. The monoisotopic (exact) mass is 884 g/mol. The van der Waals surface area contributed by atoms with Gasteiger partial charge in [-0.1, -0.05) is 0 Å². The highest BCUT2D eigenvalue weighted by molar-refractivity contribution is 6.08. The highest BCUT2D eigenvalue weighted by atomic mass is 16.2. The van der Waals surface area contributed by atoms with Crippen LogP contribution in [0.15, 0.2) is 67.1 Å². The number of fused-ring (bicyclic) bond motifs is 2. The van der Waals surface area contributed by atoms with Crippen molar-refractivity contribution in [3.63, 3.8) is 0 Å². The standard InChI is InChI=1S/C23H27N7O2.C14H20N4O.C8H9N3.CO2/c1-14-11-21-26-20(13-30(21)15(2)25-14)23(32)27-19-6-5-17(12-18(19)22(24)31)29-9-7-28(8-10-29)16-3-4-16;15-13-4-3-11(9-12(13)14(16)19)18-7-5-17(6-8-18)10-1-2-10;1-6-5-8-9-3-4-11(8)7(2)10-6;2-1-3/h5-6,11-13,16H,3-4,7-10H2,1-2H3,(H2,24,31)(H,27,32);3-4,9-10H,1-2,5-8,15H2,(H2,16,19);3-5H,1-2H3;. The van der Waals surface area contributed by atoms with Crippen molar-refractivity contribution in [1.82, 2.24) is 38.5 Å². The van der Waals surface area contributed by atoms with Crippen molar-refractivity contribution in [3.8, 4) is 0 Å². The van der Waals surface area contributed by atoms with Crippen LogP contribution in [0.4, 0.5) is 22.7 Å². The normalized spacial score (nSPS) is 16.3. The number of amides is 3. The average Bonchev–Trinajstić information content (AvgIpc) is 4.22. The molecule has 6 aromatic rings. The molecule has 4 aliphatic rings. The van der Waals surface area contributed by atoms with Gasteiger partial charge in [0, 0.05) is 124 Å². The van der Waals surface area contributed by atoms with Gasteiger partial charge < -0.3 is 32.3 Å².